The SMILES string of the molecule is c1ccc(-c2noc(CN3CCC[C@H](N4CCN(c5ccccc5)CC4)C3)n2)cc1. The Morgan fingerprint density at radius 3 is 2.37 bits per heavy atom. The first-order valence-corrected chi connectivity index (χ1v) is 11.0. The lowest BCUT2D eigenvalue weighted by Crippen LogP contribution is -2.55. The molecule has 3 aromatic rings. The van der Waals surface area contributed by atoms with Gasteiger partial charge in [-0.3, -0.25) is 9.80 Å². The first kappa shape index (κ1) is 19.3. The summed E-state index contributed by atoms with van der Waals surface area (Å²) in [6, 6.07) is 21.4. The van der Waals surface area contributed by atoms with Gasteiger partial charge in [0.15, 0.2) is 0 Å². The Hall–Kier alpha value is -2.70. The van der Waals surface area contributed by atoms with E-state index in [1.807, 2.05) is 30.3 Å². The molecule has 2 aromatic carbocycles. The number of benzene rings is 2. The van der Waals surface area contributed by atoms with E-state index in [-0.39, 0.29) is 0 Å². The number of rotatable bonds is 5. The van der Waals surface area contributed by atoms with E-state index >= 15 is 0 Å². The van der Waals surface area contributed by atoms with Crippen molar-refractivity contribution in [3.8, 4) is 11.4 Å². The van der Waals surface area contributed by atoms with Gasteiger partial charge in [0, 0.05) is 50.0 Å². The molecule has 30 heavy (non-hydrogen) atoms. The molecule has 0 amide bonds. The zero-order valence-corrected chi connectivity index (χ0v) is 17.4. The molecule has 6 heteroatoms. The lowest BCUT2D eigenvalue weighted by Gasteiger charge is -2.43. The first-order valence-electron chi connectivity index (χ1n) is 11.0. The highest BCUT2D eigenvalue weighted by Gasteiger charge is 2.29. The molecule has 1 atom stereocenters. The molecule has 3 heterocycles. The van der Waals surface area contributed by atoms with Crippen LogP contribution in [0.3, 0.4) is 0 Å². The molecular formula is C24H29N5O. The van der Waals surface area contributed by atoms with E-state index < -0.39 is 0 Å². The second-order valence-electron chi connectivity index (χ2n) is 8.27. The van der Waals surface area contributed by atoms with E-state index in [0.717, 1.165) is 51.4 Å². The number of likely N-dealkylation sites (tertiary alicyclic amines) is 1. The average molecular weight is 404 g/mol. The largest absolute Gasteiger partial charge is 0.369 e. The van der Waals surface area contributed by atoms with Crippen molar-refractivity contribution in [1.29, 1.82) is 0 Å². The van der Waals surface area contributed by atoms with Gasteiger partial charge < -0.3 is 9.42 Å². The molecule has 2 fully saturated rings. The van der Waals surface area contributed by atoms with Gasteiger partial charge >= 0.3 is 0 Å². The fourth-order valence-electron chi connectivity index (χ4n) is 4.67. The number of anilines is 1. The van der Waals surface area contributed by atoms with Crippen LogP contribution in [0.4, 0.5) is 5.69 Å². The predicted octanol–water partition coefficient (Wildman–Crippen LogP) is 3.52. The highest BCUT2D eigenvalue weighted by molar-refractivity contribution is 5.53. The summed E-state index contributed by atoms with van der Waals surface area (Å²) in [5.41, 5.74) is 2.34. The summed E-state index contributed by atoms with van der Waals surface area (Å²) >= 11 is 0. The third-order valence-electron chi connectivity index (χ3n) is 6.29. The van der Waals surface area contributed by atoms with Crippen LogP contribution in [0.2, 0.25) is 0 Å². The minimum Gasteiger partial charge on any atom is -0.369 e. The Labute approximate surface area is 178 Å². The summed E-state index contributed by atoms with van der Waals surface area (Å²) < 4.78 is 5.54. The molecule has 0 saturated carbocycles. The molecule has 1 aromatic heterocycles. The Balaban J connectivity index is 1.16. The predicted molar refractivity (Wildman–Crippen MR) is 118 cm³/mol. The van der Waals surface area contributed by atoms with Crippen molar-refractivity contribution in [2.24, 2.45) is 0 Å². The monoisotopic (exact) mass is 403 g/mol. The molecule has 2 aliphatic heterocycles. The maximum atomic E-state index is 5.54. The van der Waals surface area contributed by atoms with E-state index in [9.17, 15) is 0 Å². The average Bonchev–Trinajstić information content (AvgIpc) is 3.29. The maximum absolute atomic E-state index is 5.54. The van der Waals surface area contributed by atoms with E-state index in [2.05, 4.69) is 55.2 Å². The normalized spacial score (nSPS) is 21.1. The molecule has 0 radical (unpaired) electrons. The zero-order valence-electron chi connectivity index (χ0n) is 17.4. The van der Waals surface area contributed by atoms with Crippen LogP contribution in [0.5, 0.6) is 0 Å². The zero-order chi connectivity index (χ0) is 20.2. The Morgan fingerprint density at radius 1 is 0.867 bits per heavy atom. The van der Waals surface area contributed by atoms with Crippen LogP contribution in [0.1, 0.15) is 18.7 Å². The topological polar surface area (TPSA) is 48.6 Å². The molecule has 0 unspecified atom stereocenters. The summed E-state index contributed by atoms with van der Waals surface area (Å²) in [7, 11) is 0. The summed E-state index contributed by atoms with van der Waals surface area (Å²) in [4.78, 5) is 12.3. The lowest BCUT2D eigenvalue weighted by molar-refractivity contribution is 0.0825. The summed E-state index contributed by atoms with van der Waals surface area (Å²) in [6.07, 6.45) is 2.50. The molecule has 6 nitrogen and oxygen atoms in total. The van der Waals surface area contributed by atoms with Gasteiger partial charge in [-0.2, -0.15) is 4.98 Å². The van der Waals surface area contributed by atoms with Crippen LogP contribution < -0.4 is 4.90 Å². The summed E-state index contributed by atoms with van der Waals surface area (Å²) in [6.45, 7) is 7.38. The van der Waals surface area contributed by atoms with Crippen LogP contribution in [-0.2, 0) is 6.54 Å². The van der Waals surface area contributed by atoms with Crippen LogP contribution in [-0.4, -0.2) is 65.3 Å². The number of piperidine rings is 1. The Morgan fingerprint density at radius 2 is 1.60 bits per heavy atom. The second-order valence-corrected chi connectivity index (χ2v) is 8.27. The number of nitrogens with zero attached hydrogens (tertiary/aromatic N) is 5. The summed E-state index contributed by atoms with van der Waals surface area (Å²) in [5.74, 6) is 1.39. The smallest absolute Gasteiger partial charge is 0.241 e. The molecule has 156 valence electrons. The number of hydrogen-bond donors (Lipinski definition) is 0. The van der Waals surface area contributed by atoms with Crippen molar-refractivity contribution in [3.63, 3.8) is 0 Å². The van der Waals surface area contributed by atoms with Gasteiger partial charge in [0.05, 0.1) is 6.54 Å². The van der Waals surface area contributed by atoms with Gasteiger partial charge in [-0.05, 0) is 31.5 Å². The van der Waals surface area contributed by atoms with Gasteiger partial charge in [-0.15, -0.1) is 0 Å². The Bertz CT molecular complexity index is 921. The van der Waals surface area contributed by atoms with Crippen LogP contribution in [0.15, 0.2) is 65.2 Å². The highest BCUT2D eigenvalue weighted by Crippen LogP contribution is 2.22. The molecule has 0 spiro atoms. The van der Waals surface area contributed by atoms with Crippen molar-refractivity contribution in [2.75, 3.05) is 44.2 Å². The first-order chi connectivity index (χ1) is 14.8. The third kappa shape index (κ3) is 4.40. The second kappa shape index (κ2) is 8.98. The van der Waals surface area contributed by atoms with Crippen molar-refractivity contribution in [2.45, 2.75) is 25.4 Å². The lowest BCUT2D eigenvalue weighted by atomic mass is 10.0. The van der Waals surface area contributed by atoms with E-state index in [4.69, 9.17) is 4.52 Å². The molecule has 2 saturated heterocycles. The minimum absolute atomic E-state index is 0.619. The van der Waals surface area contributed by atoms with E-state index in [0.29, 0.717) is 17.8 Å². The molecule has 0 aliphatic carbocycles. The van der Waals surface area contributed by atoms with Gasteiger partial charge in [0.2, 0.25) is 11.7 Å². The molecular weight excluding hydrogens is 374 g/mol. The number of hydrogen-bond acceptors (Lipinski definition) is 6. The standard InChI is InChI=1S/C24H29N5O/c1-3-8-20(9-4-1)24-25-23(30-26-24)19-27-13-7-12-22(18-27)29-16-14-28(15-17-29)21-10-5-2-6-11-21/h1-6,8-11,22H,7,12-19H2/t22-/m0/s1. The Kier molecular flexibility index (Phi) is 5.77. The highest BCUT2D eigenvalue weighted by atomic mass is 16.5. The van der Waals surface area contributed by atoms with Crippen molar-refractivity contribution < 1.29 is 4.52 Å². The quantitative estimate of drug-likeness (QED) is 0.650. The third-order valence-corrected chi connectivity index (χ3v) is 6.29. The van der Waals surface area contributed by atoms with Crippen LogP contribution >= 0.6 is 0 Å². The van der Waals surface area contributed by atoms with Crippen LogP contribution in [0.25, 0.3) is 11.4 Å². The van der Waals surface area contributed by atoms with Crippen molar-refractivity contribution >= 4 is 5.69 Å². The van der Waals surface area contributed by atoms with E-state index in [1.165, 1.54) is 18.5 Å². The van der Waals surface area contributed by atoms with Gasteiger partial charge in [0.1, 0.15) is 0 Å². The number of aromatic nitrogens is 2. The molecule has 5 rings (SSSR count). The van der Waals surface area contributed by atoms with Gasteiger partial charge in [0.25, 0.3) is 0 Å². The van der Waals surface area contributed by atoms with Crippen LogP contribution in [0, 0.1) is 0 Å². The fraction of sp³-hybridized carbons (Fsp3) is 0.417. The van der Waals surface area contributed by atoms with Crippen molar-refractivity contribution in [1.82, 2.24) is 19.9 Å². The number of piperazine rings is 1. The van der Waals surface area contributed by atoms with E-state index in [1.54, 1.807) is 0 Å². The van der Waals surface area contributed by atoms with Crippen molar-refractivity contribution in [3.05, 3.63) is 66.6 Å². The molecule has 0 N–H and O–H groups in total. The minimum atomic E-state index is 0.619. The maximum Gasteiger partial charge on any atom is 0.241 e. The molecule has 2 aliphatic rings. The number of para-hydroxylation sites is 1. The fourth-order valence-corrected chi connectivity index (χ4v) is 4.67. The van der Waals surface area contributed by atoms with Gasteiger partial charge in [-0.1, -0.05) is 53.7 Å². The summed E-state index contributed by atoms with van der Waals surface area (Å²) in [5, 5.41) is 4.17. The molecule has 0 bridgehead atoms. The van der Waals surface area contributed by atoms with Gasteiger partial charge in [-0.25, -0.2) is 0 Å².